The maximum absolute atomic E-state index is 11.4. The van der Waals surface area contributed by atoms with Gasteiger partial charge in [-0.05, 0) is 6.92 Å². The predicted octanol–water partition coefficient (Wildman–Crippen LogP) is 1.87. The SMILES string of the molecule is CCOC(=O)C(Br)Sc1nc(OC)cc(OC)n1. The Morgan fingerprint density at radius 2 is 1.94 bits per heavy atom. The number of rotatable bonds is 6. The summed E-state index contributed by atoms with van der Waals surface area (Å²) in [7, 11) is 2.99. The summed E-state index contributed by atoms with van der Waals surface area (Å²) in [6.45, 7) is 2.07. The maximum atomic E-state index is 11.4. The van der Waals surface area contributed by atoms with E-state index in [1.54, 1.807) is 13.0 Å². The van der Waals surface area contributed by atoms with E-state index in [1.807, 2.05) is 0 Å². The molecule has 0 aliphatic rings. The van der Waals surface area contributed by atoms with E-state index in [0.29, 0.717) is 23.5 Å². The average Bonchev–Trinajstić information content (AvgIpc) is 2.38. The maximum Gasteiger partial charge on any atom is 0.330 e. The minimum atomic E-state index is -0.575. The molecule has 0 amide bonds. The van der Waals surface area contributed by atoms with Crippen LogP contribution in [0.25, 0.3) is 0 Å². The largest absolute Gasteiger partial charge is 0.481 e. The van der Waals surface area contributed by atoms with Crippen molar-refractivity contribution >= 4 is 33.7 Å². The van der Waals surface area contributed by atoms with Crippen LogP contribution in [0.2, 0.25) is 0 Å². The molecule has 6 nitrogen and oxygen atoms in total. The van der Waals surface area contributed by atoms with Crippen molar-refractivity contribution in [2.45, 2.75) is 16.2 Å². The minimum absolute atomic E-state index is 0.323. The first-order valence-corrected chi connectivity index (χ1v) is 6.84. The van der Waals surface area contributed by atoms with Gasteiger partial charge in [-0.15, -0.1) is 0 Å². The van der Waals surface area contributed by atoms with E-state index in [0.717, 1.165) is 11.8 Å². The highest BCUT2D eigenvalue weighted by molar-refractivity contribution is 9.11. The van der Waals surface area contributed by atoms with Crippen molar-refractivity contribution in [2.75, 3.05) is 20.8 Å². The molecule has 1 heterocycles. The summed E-state index contributed by atoms with van der Waals surface area (Å²) in [6.07, 6.45) is 0. The molecule has 0 bridgehead atoms. The number of alkyl halides is 1. The Bertz CT molecular complexity index is 397. The molecule has 1 aromatic rings. The predicted molar refractivity (Wildman–Crippen MR) is 70.3 cm³/mol. The lowest BCUT2D eigenvalue weighted by Gasteiger charge is -2.09. The second-order valence-electron chi connectivity index (χ2n) is 2.92. The number of carbonyl (C=O) groups excluding carboxylic acids is 1. The lowest BCUT2D eigenvalue weighted by molar-refractivity contribution is -0.140. The zero-order valence-corrected chi connectivity index (χ0v) is 12.6. The first-order chi connectivity index (χ1) is 8.60. The van der Waals surface area contributed by atoms with Gasteiger partial charge in [-0.25, -0.2) is 4.79 Å². The molecule has 0 radical (unpaired) electrons. The third kappa shape index (κ3) is 4.34. The van der Waals surface area contributed by atoms with Gasteiger partial charge in [0.2, 0.25) is 11.8 Å². The van der Waals surface area contributed by atoms with Crippen LogP contribution in [0, 0.1) is 0 Å². The number of thioether (sulfide) groups is 1. The Hall–Kier alpha value is -1.02. The van der Waals surface area contributed by atoms with Crippen LogP contribution in [0.4, 0.5) is 0 Å². The topological polar surface area (TPSA) is 70.5 Å². The van der Waals surface area contributed by atoms with Crippen LogP contribution >= 0.6 is 27.7 Å². The third-order valence-electron chi connectivity index (χ3n) is 1.76. The molecule has 18 heavy (non-hydrogen) atoms. The summed E-state index contributed by atoms with van der Waals surface area (Å²) >= 11 is 4.31. The first-order valence-electron chi connectivity index (χ1n) is 5.05. The summed E-state index contributed by atoms with van der Waals surface area (Å²) in [5, 5.41) is 0.362. The van der Waals surface area contributed by atoms with Crippen LogP contribution in [0.5, 0.6) is 11.8 Å². The summed E-state index contributed by atoms with van der Waals surface area (Å²) in [5.74, 6) is 0.355. The van der Waals surface area contributed by atoms with E-state index in [-0.39, 0.29) is 5.97 Å². The molecular weight excluding hydrogens is 324 g/mol. The zero-order chi connectivity index (χ0) is 13.5. The van der Waals surface area contributed by atoms with Gasteiger partial charge in [-0.3, -0.25) is 0 Å². The number of nitrogens with zero attached hydrogens (tertiary/aromatic N) is 2. The fourth-order valence-electron chi connectivity index (χ4n) is 0.994. The van der Waals surface area contributed by atoms with Gasteiger partial charge in [0.05, 0.1) is 26.9 Å². The van der Waals surface area contributed by atoms with Crippen molar-refractivity contribution in [3.8, 4) is 11.8 Å². The van der Waals surface area contributed by atoms with Crippen molar-refractivity contribution in [1.29, 1.82) is 0 Å². The molecule has 8 heteroatoms. The number of halogens is 1. The molecule has 0 aromatic carbocycles. The van der Waals surface area contributed by atoms with Crippen molar-refractivity contribution < 1.29 is 19.0 Å². The van der Waals surface area contributed by atoms with Crippen LogP contribution in [-0.2, 0) is 9.53 Å². The van der Waals surface area contributed by atoms with E-state index >= 15 is 0 Å². The molecule has 0 aliphatic heterocycles. The third-order valence-corrected chi connectivity index (χ3v) is 3.49. The highest BCUT2D eigenvalue weighted by atomic mass is 79.9. The normalized spacial score (nSPS) is 11.8. The Labute approximate surface area is 118 Å². The van der Waals surface area contributed by atoms with Gasteiger partial charge in [0, 0.05) is 0 Å². The minimum Gasteiger partial charge on any atom is -0.481 e. The molecule has 1 atom stereocenters. The van der Waals surface area contributed by atoms with Gasteiger partial charge in [-0.2, -0.15) is 9.97 Å². The summed E-state index contributed by atoms with van der Waals surface area (Å²) in [4.78, 5) is 19.6. The number of carbonyl (C=O) groups is 1. The molecule has 0 aliphatic carbocycles. The summed E-state index contributed by atoms with van der Waals surface area (Å²) in [6, 6.07) is 1.55. The molecule has 0 saturated carbocycles. The quantitative estimate of drug-likeness (QED) is 0.340. The van der Waals surface area contributed by atoms with Crippen molar-refractivity contribution in [3.63, 3.8) is 0 Å². The number of hydrogen-bond acceptors (Lipinski definition) is 7. The molecule has 1 aromatic heterocycles. The molecule has 100 valence electrons. The monoisotopic (exact) mass is 336 g/mol. The number of methoxy groups -OCH3 is 2. The van der Waals surface area contributed by atoms with Crippen LogP contribution in [0.15, 0.2) is 11.2 Å². The molecule has 0 fully saturated rings. The smallest absolute Gasteiger partial charge is 0.330 e. The molecule has 0 saturated heterocycles. The molecule has 1 unspecified atom stereocenters. The van der Waals surface area contributed by atoms with Gasteiger partial charge in [-0.1, -0.05) is 27.7 Å². The van der Waals surface area contributed by atoms with E-state index in [2.05, 4.69) is 25.9 Å². The number of esters is 1. The van der Waals surface area contributed by atoms with Crippen LogP contribution in [0.1, 0.15) is 6.92 Å². The second kappa shape index (κ2) is 7.42. The van der Waals surface area contributed by atoms with E-state index in [4.69, 9.17) is 14.2 Å². The van der Waals surface area contributed by atoms with Crippen molar-refractivity contribution in [1.82, 2.24) is 9.97 Å². The van der Waals surface area contributed by atoms with Gasteiger partial charge in [0.25, 0.3) is 0 Å². The lowest BCUT2D eigenvalue weighted by atomic mass is 10.6. The van der Waals surface area contributed by atoms with E-state index in [1.165, 1.54) is 14.2 Å². The Balaban J connectivity index is 2.79. The Morgan fingerprint density at radius 3 is 2.39 bits per heavy atom. The van der Waals surface area contributed by atoms with E-state index in [9.17, 15) is 4.79 Å². The number of ether oxygens (including phenoxy) is 3. The van der Waals surface area contributed by atoms with Gasteiger partial charge < -0.3 is 14.2 Å². The lowest BCUT2D eigenvalue weighted by Crippen LogP contribution is -2.14. The summed E-state index contributed by atoms with van der Waals surface area (Å²) in [5.41, 5.74) is 0. The van der Waals surface area contributed by atoms with Crippen LogP contribution < -0.4 is 9.47 Å². The zero-order valence-electron chi connectivity index (χ0n) is 10.2. The highest BCUT2D eigenvalue weighted by Crippen LogP contribution is 2.28. The number of hydrogen-bond donors (Lipinski definition) is 0. The fourth-order valence-corrected chi connectivity index (χ4v) is 2.26. The molecule has 1 rings (SSSR count). The van der Waals surface area contributed by atoms with Gasteiger partial charge in [0.15, 0.2) is 9.32 Å². The van der Waals surface area contributed by atoms with Crippen molar-refractivity contribution in [3.05, 3.63) is 6.07 Å². The molecular formula is C10H13BrN2O4S. The fraction of sp³-hybridized carbons (Fsp3) is 0.500. The molecule has 0 N–H and O–H groups in total. The first kappa shape index (κ1) is 15.0. The van der Waals surface area contributed by atoms with Crippen molar-refractivity contribution in [2.24, 2.45) is 0 Å². The highest BCUT2D eigenvalue weighted by Gasteiger charge is 2.20. The Morgan fingerprint density at radius 1 is 1.39 bits per heavy atom. The van der Waals surface area contributed by atoms with E-state index < -0.39 is 4.16 Å². The van der Waals surface area contributed by atoms with Gasteiger partial charge >= 0.3 is 5.97 Å². The standard InChI is InChI=1S/C10H13BrN2O4S/c1-4-17-9(14)8(11)18-10-12-6(15-2)5-7(13-10)16-3/h5,8H,4H2,1-3H3. The second-order valence-corrected chi connectivity index (χ2v) is 5.52. The number of aromatic nitrogens is 2. The molecule has 0 spiro atoms. The Kier molecular flexibility index (Phi) is 6.20. The van der Waals surface area contributed by atoms with Gasteiger partial charge in [0.1, 0.15) is 0 Å². The van der Waals surface area contributed by atoms with Crippen LogP contribution in [-0.4, -0.2) is 40.9 Å². The summed E-state index contributed by atoms with van der Waals surface area (Å²) < 4.78 is 14.3. The average molecular weight is 337 g/mol. The van der Waals surface area contributed by atoms with Crippen LogP contribution in [0.3, 0.4) is 0 Å².